The molecule has 0 amide bonds. The molecule has 1 aromatic heterocycles. The Morgan fingerprint density at radius 3 is 2.89 bits per heavy atom. The first kappa shape index (κ1) is 13.2. The fourth-order valence-electron chi connectivity index (χ4n) is 1.83. The molecule has 6 nitrogen and oxygen atoms in total. The Bertz CT molecular complexity index is 597. The van der Waals surface area contributed by atoms with E-state index in [1.54, 1.807) is 12.4 Å². The van der Waals surface area contributed by atoms with Crippen LogP contribution < -0.4 is 5.73 Å². The van der Waals surface area contributed by atoms with Crippen LogP contribution in [0, 0.1) is 15.9 Å². The van der Waals surface area contributed by atoms with Crippen LogP contribution in [-0.4, -0.2) is 21.0 Å². The number of hydrogen-bond acceptors (Lipinski definition) is 4. The number of nitro benzene ring substituents is 1. The third kappa shape index (κ3) is 2.94. The first-order valence-electron chi connectivity index (χ1n) is 5.74. The average Bonchev–Trinajstić information content (AvgIpc) is 2.77. The highest BCUT2D eigenvalue weighted by Crippen LogP contribution is 2.18. The normalized spacial score (nSPS) is 10.6. The zero-order valence-electron chi connectivity index (χ0n) is 10.1. The number of imidazole rings is 1. The van der Waals surface area contributed by atoms with Crippen molar-refractivity contribution in [2.24, 2.45) is 5.73 Å². The van der Waals surface area contributed by atoms with Gasteiger partial charge < -0.3 is 10.3 Å². The quantitative estimate of drug-likeness (QED) is 0.654. The summed E-state index contributed by atoms with van der Waals surface area (Å²) in [5.41, 5.74) is 5.59. The number of halogens is 1. The van der Waals surface area contributed by atoms with E-state index in [4.69, 9.17) is 5.73 Å². The minimum Gasteiger partial charge on any atom is -0.330 e. The summed E-state index contributed by atoms with van der Waals surface area (Å²) < 4.78 is 15.3. The van der Waals surface area contributed by atoms with E-state index in [0.717, 1.165) is 5.82 Å². The highest BCUT2D eigenvalue weighted by Gasteiger charge is 2.14. The Morgan fingerprint density at radius 2 is 2.26 bits per heavy atom. The average molecular weight is 264 g/mol. The standard InChI is InChI=1S/C12H13FN4O2/c13-10-7-9(1-2-11(10)17(18)19)8-16-6-5-15-12(16)3-4-14/h1-2,5-7H,3-4,8,14H2. The Kier molecular flexibility index (Phi) is 3.86. The van der Waals surface area contributed by atoms with Crippen molar-refractivity contribution in [3.63, 3.8) is 0 Å². The lowest BCUT2D eigenvalue weighted by Crippen LogP contribution is -2.10. The smallest absolute Gasteiger partial charge is 0.304 e. The van der Waals surface area contributed by atoms with Gasteiger partial charge in [-0.1, -0.05) is 6.07 Å². The monoisotopic (exact) mass is 264 g/mol. The highest BCUT2D eigenvalue weighted by molar-refractivity contribution is 5.35. The van der Waals surface area contributed by atoms with Crippen LogP contribution in [0.15, 0.2) is 30.6 Å². The second kappa shape index (κ2) is 5.57. The molecule has 19 heavy (non-hydrogen) atoms. The van der Waals surface area contributed by atoms with Gasteiger partial charge in [0, 0.05) is 31.4 Å². The van der Waals surface area contributed by atoms with Crippen LogP contribution in [-0.2, 0) is 13.0 Å². The lowest BCUT2D eigenvalue weighted by atomic mass is 10.2. The summed E-state index contributed by atoms with van der Waals surface area (Å²) in [5.74, 6) is -0.0238. The first-order valence-corrected chi connectivity index (χ1v) is 5.74. The molecule has 0 atom stereocenters. The summed E-state index contributed by atoms with van der Waals surface area (Å²) in [4.78, 5) is 13.9. The minimum absolute atomic E-state index is 0.407. The number of rotatable bonds is 5. The number of aromatic nitrogens is 2. The third-order valence-electron chi connectivity index (χ3n) is 2.73. The van der Waals surface area contributed by atoms with Gasteiger partial charge in [0.15, 0.2) is 0 Å². The van der Waals surface area contributed by atoms with Gasteiger partial charge >= 0.3 is 5.69 Å². The summed E-state index contributed by atoms with van der Waals surface area (Å²) in [7, 11) is 0. The van der Waals surface area contributed by atoms with Crippen molar-refractivity contribution in [2.45, 2.75) is 13.0 Å². The molecule has 2 aromatic rings. The molecule has 0 saturated carbocycles. The predicted molar refractivity (Wildman–Crippen MR) is 67.1 cm³/mol. The fourth-order valence-corrected chi connectivity index (χ4v) is 1.83. The van der Waals surface area contributed by atoms with Gasteiger partial charge in [0.1, 0.15) is 5.82 Å². The Balaban J connectivity index is 2.21. The summed E-state index contributed by atoms with van der Waals surface area (Å²) in [6.07, 6.45) is 4.04. The van der Waals surface area contributed by atoms with Crippen molar-refractivity contribution >= 4 is 5.69 Å². The SMILES string of the molecule is NCCc1nccn1Cc1ccc([N+](=O)[O-])c(F)c1. The van der Waals surface area contributed by atoms with E-state index in [0.29, 0.717) is 25.1 Å². The molecule has 1 heterocycles. The molecule has 0 unspecified atom stereocenters. The van der Waals surface area contributed by atoms with Gasteiger partial charge in [0.05, 0.1) is 4.92 Å². The van der Waals surface area contributed by atoms with E-state index >= 15 is 0 Å². The van der Waals surface area contributed by atoms with Crippen molar-refractivity contribution in [1.29, 1.82) is 0 Å². The van der Waals surface area contributed by atoms with Crippen molar-refractivity contribution in [3.05, 3.63) is 57.9 Å². The largest absolute Gasteiger partial charge is 0.330 e. The molecule has 0 aliphatic carbocycles. The van der Waals surface area contributed by atoms with Crippen LogP contribution in [0.1, 0.15) is 11.4 Å². The zero-order valence-corrected chi connectivity index (χ0v) is 10.1. The molecule has 0 radical (unpaired) electrons. The van der Waals surface area contributed by atoms with E-state index in [1.165, 1.54) is 18.2 Å². The maximum Gasteiger partial charge on any atom is 0.304 e. The number of nitro groups is 1. The maximum atomic E-state index is 13.5. The second-order valence-electron chi connectivity index (χ2n) is 4.05. The molecule has 0 aliphatic heterocycles. The Labute approximate surface area is 108 Å². The third-order valence-corrected chi connectivity index (χ3v) is 2.73. The molecule has 7 heteroatoms. The molecule has 1 aromatic carbocycles. The Hall–Kier alpha value is -2.28. The van der Waals surface area contributed by atoms with Crippen LogP contribution in [0.25, 0.3) is 0 Å². The zero-order chi connectivity index (χ0) is 13.8. The van der Waals surface area contributed by atoms with Crippen LogP contribution >= 0.6 is 0 Å². The van der Waals surface area contributed by atoms with Crippen molar-refractivity contribution in [2.75, 3.05) is 6.54 Å². The highest BCUT2D eigenvalue weighted by atomic mass is 19.1. The summed E-state index contributed by atoms with van der Waals surface area (Å²) in [6, 6.07) is 3.88. The van der Waals surface area contributed by atoms with Crippen LogP contribution in [0.3, 0.4) is 0 Å². The number of benzene rings is 1. The van der Waals surface area contributed by atoms with Gasteiger partial charge in [-0.05, 0) is 18.2 Å². The number of nitrogens with zero attached hydrogens (tertiary/aromatic N) is 3. The maximum absolute atomic E-state index is 13.5. The Morgan fingerprint density at radius 1 is 1.47 bits per heavy atom. The van der Waals surface area contributed by atoms with Gasteiger partial charge in [0.25, 0.3) is 0 Å². The second-order valence-corrected chi connectivity index (χ2v) is 4.05. The molecular formula is C12H13FN4O2. The summed E-state index contributed by atoms with van der Waals surface area (Å²) in [6.45, 7) is 0.885. The van der Waals surface area contributed by atoms with Crippen LogP contribution in [0.2, 0.25) is 0 Å². The van der Waals surface area contributed by atoms with E-state index in [1.807, 2.05) is 4.57 Å². The first-order chi connectivity index (χ1) is 9.11. The van der Waals surface area contributed by atoms with Crippen molar-refractivity contribution in [3.8, 4) is 0 Å². The van der Waals surface area contributed by atoms with E-state index in [9.17, 15) is 14.5 Å². The summed E-state index contributed by atoms with van der Waals surface area (Å²) in [5, 5.41) is 10.5. The molecule has 2 rings (SSSR count). The van der Waals surface area contributed by atoms with Gasteiger partial charge in [-0.25, -0.2) is 4.98 Å². The molecule has 0 saturated heterocycles. The summed E-state index contributed by atoms with van der Waals surface area (Å²) >= 11 is 0. The molecule has 2 N–H and O–H groups in total. The van der Waals surface area contributed by atoms with Gasteiger partial charge in [-0.15, -0.1) is 0 Å². The van der Waals surface area contributed by atoms with E-state index in [-0.39, 0.29) is 0 Å². The van der Waals surface area contributed by atoms with Crippen LogP contribution in [0.5, 0.6) is 0 Å². The molecule has 0 spiro atoms. The van der Waals surface area contributed by atoms with Gasteiger partial charge in [0.2, 0.25) is 5.82 Å². The van der Waals surface area contributed by atoms with Crippen molar-refractivity contribution in [1.82, 2.24) is 9.55 Å². The molecular weight excluding hydrogens is 251 g/mol. The minimum atomic E-state index is -0.831. The van der Waals surface area contributed by atoms with Gasteiger partial charge in [-0.3, -0.25) is 10.1 Å². The van der Waals surface area contributed by atoms with E-state index in [2.05, 4.69) is 4.98 Å². The number of nitrogens with two attached hydrogens (primary N) is 1. The number of hydrogen-bond donors (Lipinski definition) is 1. The van der Waals surface area contributed by atoms with Crippen molar-refractivity contribution < 1.29 is 9.31 Å². The lowest BCUT2D eigenvalue weighted by Gasteiger charge is -2.07. The molecule has 0 fully saturated rings. The van der Waals surface area contributed by atoms with E-state index < -0.39 is 16.4 Å². The fraction of sp³-hybridized carbons (Fsp3) is 0.250. The topological polar surface area (TPSA) is 87.0 Å². The predicted octanol–water partition coefficient (Wildman–Crippen LogP) is 1.48. The molecule has 0 aliphatic rings. The lowest BCUT2D eigenvalue weighted by molar-refractivity contribution is -0.387. The van der Waals surface area contributed by atoms with Gasteiger partial charge in [-0.2, -0.15) is 4.39 Å². The molecule has 100 valence electrons. The van der Waals surface area contributed by atoms with Crippen LogP contribution in [0.4, 0.5) is 10.1 Å². The molecule has 0 bridgehead atoms.